The molecule has 0 radical (unpaired) electrons. The maximum atomic E-state index is 14.0. The lowest BCUT2D eigenvalue weighted by Gasteiger charge is -2.18. The van der Waals surface area contributed by atoms with Crippen LogP contribution in [-0.4, -0.2) is 47.6 Å². The first kappa shape index (κ1) is 21.7. The Morgan fingerprint density at radius 2 is 1.81 bits per heavy atom. The summed E-state index contributed by atoms with van der Waals surface area (Å²) in [5, 5.41) is 0.225. The Morgan fingerprint density at radius 3 is 2.30 bits per heavy atom. The Balaban J connectivity index is 2.68. The van der Waals surface area contributed by atoms with Crippen molar-refractivity contribution in [2.45, 2.75) is 51.1 Å². The van der Waals surface area contributed by atoms with Gasteiger partial charge in [0.25, 0.3) is 6.34 Å². The van der Waals surface area contributed by atoms with Gasteiger partial charge in [0.1, 0.15) is 5.70 Å². The van der Waals surface area contributed by atoms with Gasteiger partial charge in [-0.2, -0.15) is 26.0 Å². The molecule has 0 bridgehead atoms. The van der Waals surface area contributed by atoms with Gasteiger partial charge in [-0.3, -0.25) is 0 Å². The van der Waals surface area contributed by atoms with Gasteiger partial charge in [-0.25, -0.2) is 4.58 Å². The molecular weight excluding hydrogens is 408 g/mol. The van der Waals surface area contributed by atoms with Crippen molar-refractivity contribution in [2.75, 3.05) is 0 Å². The molecule has 0 aromatic carbocycles. The molecule has 27 heavy (non-hydrogen) atoms. The average molecular weight is 428 g/mol. The Hall–Kier alpha value is -1.61. The highest BCUT2D eigenvalue weighted by atomic mass is 35.5. The van der Waals surface area contributed by atoms with Gasteiger partial charge in [0, 0.05) is 11.1 Å². The van der Waals surface area contributed by atoms with E-state index in [2.05, 4.69) is 6.58 Å². The molecular formula is C17H20ClF4N2O2S+. The topological polar surface area (TPSA) is 40.4 Å². The summed E-state index contributed by atoms with van der Waals surface area (Å²) < 4.78 is 82.9. The van der Waals surface area contributed by atoms with Gasteiger partial charge in [-0.05, 0) is 33.3 Å². The SMILES string of the molecule is C=C(C)S(=O)(=O)N(C=[N+]1C(C)C(F)(F)C(F)(F)C1C)C1=CC(Cl)=CCC=C1. The highest BCUT2D eigenvalue weighted by Crippen LogP contribution is 2.47. The summed E-state index contributed by atoms with van der Waals surface area (Å²) in [5.74, 6) is -8.65. The van der Waals surface area contributed by atoms with Crippen LogP contribution >= 0.6 is 11.6 Å². The van der Waals surface area contributed by atoms with Gasteiger partial charge in [0.15, 0.2) is 12.1 Å². The molecule has 0 saturated carbocycles. The highest BCUT2D eigenvalue weighted by molar-refractivity contribution is 7.93. The molecule has 2 rings (SSSR count). The zero-order valence-electron chi connectivity index (χ0n) is 15.0. The summed E-state index contributed by atoms with van der Waals surface area (Å²) in [6.07, 6.45) is 7.14. The molecule has 2 unspecified atom stereocenters. The number of allylic oxidation sites excluding steroid dienone is 6. The summed E-state index contributed by atoms with van der Waals surface area (Å²) in [5.41, 5.74) is 0.0229. The molecule has 0 amide bonds. The lowest BCUT2D eigenvalue weighted by Crippen LogP contribution is -2.44. The van der Waals surface area contributed by atoms with Gasteiger partial charge in [0.05, 0.1) is 4.91 Å². The van der Waals surface area contributed by atoms with E-state index >= 15 is 0 Å². The normalized spacial score (nSPS) is 26.9. The van der Waals surface area contributed by atoms with E-state index in [1.165, 1.54) is 19.1 Å². The molecule has 1 aliphatic carbocycles. The van der Waals surface area contributed by atoms with Gasteiger partial charge in [-0.1, -0.05) is 30.3 Å². The second kappa shape index (κ2) is 7.09. The standard InChI is InChI=1S/C17H20ClF4N2O2S/c1-11(2)27(25,26)24(15-8-6-5-7-14(18)9-15)10-23-12(3)16(19,20)17(21,22)13(23)4/h6-10,12-13H,1,5H2,2-4H3/q+1. The van der Waals surface area contributed by atoms with Crippen LogP contribution < -0.4 is 0 Å². The average Bonchev–Trinajstić information content (AvgIpc) is 2.73. The maximum Gasteiger partial charge on any atom is 0.353 e. The molecule has 4 nitrogen and oxygen atoms in total. The first-order valence-corrected chi connectivity index (χ1v) is 9.88. The van der Waals surface area contributed by atoms with Crippen LogP contribution in [-0.2, 0) is 10.0 Å². The lowest BCUT2D eigenvalue weighted by molar-refractivity contribution is -0.585. The smallest absolute Gasteiger partial charge is 0.249 e. The van der Waals surface area contributed by atoms with Crippen LogP contribution in [0.15, 0.2) is 46.5 Å². The molecule has 10 heteroatoms. The minimum atomic E-state index is -4.33. The number of sulfonamides is 1. The summed E-state index contributed by atoms with van der Waals surface area (Å²) in [7, 11) is -4.24. The van der Waals surface area contributed by atoms with Crippen molar-refractivity contribution in [3.63, 3.8) is 0 Å². The fourth-order valence-electron chi connectivity index (χ4n) is 2.78. The van der Waals surface area contributed by atoms with Crippen molar-refractivity contribution in [2.24, 2.45) is 0 Å². The van der Waals surface area contributed by atoms with Crippen LogP contribution in [0.5, 0.6) is 0 Å². The van der Waals surface area contributed by atoms with Crippen molar-refractivity contribution in [3.05, 3.63) is 46.5 Å². The third-order valence-corrected chi connectivity index (χ3v) is 6.57. The predicted molar refractivity (Wildman–Crippen MR) is 96.5 cm³/mol. The second-order valence-electron chi connectivity index (χ2n) is 6.46. The van der Waals surface area contributed by atoms with E-state index in [0.29, 0.717) is 15.3 Å². The van der Waals surface area contributed by atoms with Gasteiger partial charge in [-0.15, -0.1) is 4.31 Å². The molecule has 2 aliphatic rings. The quantitative estimate of drug-likeness (QED) is 0.383. The van der Waals surface area contributed by atoms with Crippen molar-refractivity contribution in [1.29, 1.82) is 0 Å². The van der Waals surface area contributed by atoms with E-state index in [1.807, 2.05) is 0 Å². The summed E-state index contributed by atoms with van der Waals surface area (Å²) in [4.78, 5) is -0.282. The molecule has 0 aromatic rings. The molecule has 0 aromatic heterocycles. The Labute approximate surface area is 160 Å². The number of hydrogen-bond acceptors (Lipinski definition) is 2. The highest BCUT2D eigenvalue weighted by Gasteiger charge is 2.73. The van der Waals surface area contributed by atoms with E-state index in [1.54, 1.807) is 12.2 Å². The van der Waals surface area contributed by atoms with Crippen LogP contribution in [0.1, 0.15) is 27.2 Å². The van der Waals surface area contributed by atoms with Gasteiger partial charge < -0.3 is 0 Å². The largest absolute Gasteiger partial charge is 0.353 e. The van der Waals surface area contributed by atoms with E-state index in [9.17, 15) is 26.0 Å². The molecule has 0 spiro atoms. The van der Waals surface area contributed by atoms with Crippen LogP contribution in [0.25, 0.3) is 0 Å². The van der Waals surface area contributed by atoms with Crippen LogP contribution in [0.2, 0.25) is 0 Å². The lowest BCUT2D eigenvalue weighted by atomic mass is 10.1. The van der Waals surface area contributed by atoms with Crippen molar-refractivity contribution < 1.29 is 30.6 Å². The Bertz CT molecular complexity index is 853. The van der Waals surface area contributed by atoms with E-state index in [-0.39, 0.29) is 15.6 Å². The van der Waals surface area contributed by atoms with Gasteiger partial charge >= 0.3 is 21.9 Å². The third kappa shape index (κ3) is 3.59. The minimum absolute atomic E-state index is 0.0229. The van der Waals surface area contributed by atoms with Crippen LogP contribution in [0.3, 0.4) is 0 Å². The zero-order valence-corrected chi connectivity index (χ0v) is 16.5. The fourth-order valence-corrected chi connectivity index (χ4v) is 3.94. The van der Waals surface area contributed by atoms with E-state index in [4.69, 9.17) is 11.6 Å². The van der Waals surface area contributed by atoms with Crippen LogP contribution in [0, 0.1) is 0 Å². The van der Waals surface area contributed by atoms with Crippen LogP contribution in [0.4, 0.5) is 17.6 Å². The summed E-state index contributed by atoms with van der Waals surface area (Å²) in [6, 6.07) is -3.85. The second-order valence-corrected chi connectivity index (χ2v) is 8.94. The number of halogens is 5. The molecule has 0 N–H and O–H groups in total. The number of nitrogens with zero attached hydrogens (tertiary/aromatic N) is 2. The van der Waals surface area contributed by atoms with E-state index in [0.717, 1.165) is 20.2 Å². The monoisotopic (exact) mass is 427 g/mol. The van der Waals surface area contributed by atoms with E-state index < -0.39 is 34.0 Å². The fraction of sp³-hybridized carbons (Fsp3) is 0.471. The first-order chi connectivity index (χ1) is 12.2. The maximum absolute atomic E-state index is 14.0. The molecule has 2 atom stereocenters. The molecule has 1 heterocycles. The molecule has 1 saturated heterocycles. The Kier molecular flexibility index (Phi) is 5.69. The minimum Gasteiger partial charge on any atom is -0.249 e. The Morgan fingerprint density at radius 1 is 1.30 bits per heavy atom. The molecule has 1 fully saturated rings. The summed E-state index contributed by atoms with van der Waals surface area (Å²) in [6.45, 7) is 6.45. The summed E-state index contributed by atoms with van der Waals surface area (Å²) >= 11 is 5.99. The van der Waals surface area contributed by atoms with Gasteiger partial charge in [0.2, 0.25) is 0 Å². The predicted octanol–water partition coefficient (Wildman–Crippen LogP) is 4.22. The number of alkyl halides is 4. The number of hydrogen-bond donors (Lipinski definition) is 0. The number of rotatable bonds is 4. The molecule has 1 aliphatic heterocycles. The zero-order chi connectivity index (χ0) is 20.8. The van der Waals surface area contributed by atoms with Crippen molar-refractivity contribution >= 4 is 28.0 Å². The molecule has 150 valence electrons. The van der Waals surface area contributed by atoms with Crippen molar-refractivity contribution in [3.8, 4) is 0 Å². The third-order valence-electron chi connectivity index (χ3n) is 4.60. The van der Waals surface area contributed by atoms with Crippen molar-refractivity contribution in [1.82, 2.24) is 4.31 Å². The first-order valence-electron chi connectivity index (χ1n) is 8.06.